The molecule has 0 saturated heterocycles. The summed E-state index contributed by atoms with van der Waals surface area (Å²) < 4.78 is 9.87. The van der Waals surface area contributed by atoms with Crippen molar-refractivity contribution in [2.45, 2.75) is 39.7 Å². The van der Waals surface area contributed by atoms with Crippen LogP contribution in [0.1, 0.15) is 34.1 Å². The van der Waals surface area contributed by atoms with Gasteiger partial charge in [-0.2, -0.15) is 0 Å². The van der Waals surface area contributed by atoms with Crippen LogP contribution in [-0.4, -0.2) is 31.1 Å². The largest absolute Gasteiger partial charge is 0.460 e. The number of Topliss-reactive ketones (excluding diaryl/α,β-unsaturated/α-hetero) is 1. The summed E-state index contributed by atoms with van der Waals surface area (Å²) in [6.45, 7) is 7.38. The first-order valence-electron chi connectivity index (χ1n) is 4.99. The second-order valence-electron chi connectivity index (χ2n) is 4.59. The topological polar surface area (TPSA) is 52.6 Å². The predicted octanol–water partition coefficient (Wildman–Crippen LogP) is 1.57. The lowest BCUT2D eigenvalue weighted by atomic mass is 10.1. The Kier molecular flexibility index (Phi) is 5.50. The van der Waals surface area contributed by atoms with Crippen molar-refractivity contribution in [3.63, 3.8) is 0 Å². The van der Waals surface area contributed by atoms with Gasteiger partial charge >= 0.3 is 5.97 Å². The van der Waals surface area contributed by atoms with Crippen LogP contribution in [0.4, 0.5) is 0 Å². The molecule has 0 aromatic rings. The lowest BCUT2D eigenvalue weighted by molar-refractivity contribution is -0.156. The van der Waals surface area contributed by atoms with Crippen LogP contribution in [0.2, 0.25) is 0 Å². The van der Waals surface area contributed by atoms with Gasteiger partial charge in [0.25, 0.3) is 0 Å². The van der Waals surface area contributed by atoms with Crippen LogP contribution in [-0.2, 0) is 19.1 Å². The molecule has 0 aromatic heterocycles. The van der Waals surface area contributed by atoms with Crippen LogP contribution in [0.25, 0.3) is 0 Å². The molecule has 0 saturated carbocycles. The quantitative estimate of drug-likeness (QED) is 0.517. The fraction of sp³-hybridized carbons (Fsp3) is 0.818. The maximum absolute atomic E-state index is 11.4. The van der Waals surface area contributed by atoms with E-state index in [0.29, 0.717) is 6.61 Å². The van der Waals surface area contributed by atoms with Gasteiger partial charge in [-0.25, -0.2) is 0 Å². The molecule has 0 N–H and O–H groups in total. The van der Waals surface area contributed by atoms with Crippen molar-refractivity contribution in [1.82, 2.24) is 0 Å². The molecule has 0 rings (SSSR count). The van der Waals surface area contributed by atoms with Crippen LogP contribution < -0.4 is 0 Å². The first-order valence-corrected chi connectivity index (χ1v) is 4.99. The van der Waals surface area contributed by atoms with Crippen molar-refractivity contribution >= 4 is 11.8 Å². The Morgan fingerprint density at radius 2 is 1.80 bits per heavy atom. The van der Waals surface area contributed by atoms with Gasteiger partial charge in [0, 0.05) is 13.0 Å². The van der Waals surface area contributed by atoms with Crippen molar-refractivity contribution < 1.29 is 19.1 Å². The third-order valence-electron chi connectivity index (χ3n) is 1.70. The van der Waals surface area contributed by atoms with Gasteiger partial charge in [-0.1, -0.05) is 6.92 Å². The number of rotatable bonds is 5. The number of esters is 1. The number of hydrogen-bond acceptors (Lipinski definition) is 4. The van der Waals surface area contributed by atoms with E-state index in [0.717, 1.165) is 0 Å². The standard InChI is InChI=1S/C11H20O4/c1-8(7-14-5)9(12)6-10(13)15-11(2,3)4/h8H,6-7H2,1-5H3. The second kappa shape index (κ2) is 5.85. The SMILES string of the molecule is COCC(C)C(=O)CC(=O)OC(C)(C)C. The first-order chi connectivity index (χ1) is 6.76. The molecule has 15 heavy (non-hydrogen) atoms. The molecule has 0 radical (unpaired) electrons. The van der Waals surface area contributed by atoms with E-state index in [1.165, 1.54) is 7.11 Å². The van der Waals surface area contributed by atoms with Crippen LogP contribution in [0.15, 0.2) is 0 Å². The average Bonchev–Trinajstić information content (AvgIpc) is 2.00. The highest BCUT2D eigenvalue weighted by molar-refractivity contribution is 5.96. The molecule has 4 nitrogen and oxygen atoms in total. The Bertz CT molecular complexity index is 227. The van der Waals surface area contributed by atoms with E-state index in [1.54, 1.807) is 27.7 Å². The molecule has 0 fully saturated rings. The van der Waals surface area contributed by atoms with Gasteiger partial charge in [0.05, 0.1) is 6.61 Å². The second-order valence-corrected chi connectivity index (χ2v) is 4.59. The molecule has 0 aromatic carbocycles. The fourth-order valence-corrected chi connectivity index (χ4v) is 1.04. The maximum Gasteiger partial charge on any atom is 0.313 e. The molecule has 0 aliphatic carbocycles. The molecule has 4 heteroatoms. The van der Waals surface area contributed by atoms with Gasteiger partial charge < -0.3 is 9.47 Å². The van der Waals surface area contributed by atoms with E-state index in [-0.39, 0.29) is 18.1 Å². The number of ether oxygens (including phenoxy) is 2. The first kappa shape index (κ1) is 14.1. The van der Waals surface area contributed by atoms with Crippen molar-refractivity contribution in [2.24, 2.45) is 5.92 Å². The highest BCUT2D eigenvalue weighted by Crippen LogP contribution is 2.10. The van der Waals surface area contributed by atoms with E-state index >= 15 is 0 Å². The summed E-state index contributed by atoms with van der Waals surface area (Å²) in [5.41, 5.74) is -0.540. The van der Waals surface area contributed by atoms with Gasteiger partial charge in [-0.15, -0.1) is 0 Å². The lowest BCUT2D eigenvalue weighted by Gasteiger charge is -2.19. The minimum Gasteiger partial charge on any atom is -0.460 e. The van der Waals surface area contributed by atoms with Crippen LogP contribution in [0, 0.1) is 5.92 Å². The fourth-order valence-electron chi connectivity index (χ4n) is 1.04. The van der Waals surface area contributed by atoms with E-state index < -0.39 is 11.6 Å². The third kappa shape index (κ3) is 7.08. The predicted molar refractivity (Wildman–Crippen MR) is 56.5 cm³/mol. The molecule has 0 spiro atoms. The molecule has 0 aliphatic heterocycles. The van der Waals surface area contributed by atoms with Crippen molar-refractivity contribution in [2.75, 3.05) is 13.7 Å². The van der Waals surface area contributed by atoms with Gasteiger partial charge in [0.1, 0.15) is 17.8 Å². The van der Waals surface area contributed by atoms with E-state index in [1.807, 2.05) is 0 Å². The van der Waals surface area contributed by atoms with E-state index in [4.69, 9.17) is 9.47 Å². The maximum atomic E-state index is 11.4. The Morgan fingerprint density at radius 1 is 1.27 bits per heavy atom. The molecule has 0 aliphatic rings. The summed E-state index contributed by atoms with van der Waals surface area (Å²) in [5.74, 6) is -0.885. The van der Waals surface area contributed by atoms with E-state index in [9.17, 15) is 9.59 Å². The molecular formula is C11H20O4. The number of ketones is 1. The normalized spacial score (nSPS) is 13.4. The third-order valence-corrected chi connectivity index (χ3v) is 1.70. The molecule has 1 unspecified atom stereocenters. The number of methoxy groups -OCH3 is 1. The minimum absolute atomic E-state index is 0.147. The summed E-state index contributed by atoms with van der Waals surface area (Å²) in [4.78, 5) is 22.7. The molecule has 0 bridgehead atoms. The van der Waals surface area contributed by atoms with Gasteiger partial charge in [0.15, 0.2) is 0 Å². The van der Waals surface area contributed by atoms with Gasteiger partial charge in [-0.3, -0.25) is 9.59 Å². The molecule has 0 amide bonds. The van der Waals surface area contributed by atoms with Crippen LogP contribution in [0.5, 0.6) is 0 Å². The monoisotopic (exact) mass is 216 g/mol. The summed E-state index contributed by atoms with van der Waals surface area (Å²) in [5, 5.41) is 0. The molecule has 0 heterocycles. The molecular weight excluding hydrogens is 196 g/mol. The Hall–Kier alpha value is -0.900. The van der Waals surface area contributed by atoms with Crippen LogP contribution >= 0.6 is 0 Å². The van der Waals surface area contributed by atoms with Crippen molar-refractivity contribution in [3.8, 4) is 0 Å². The average molecular weight is 216 g/mol. The number of hydrogen-bond donors (Lipinski definition) is 0. The van der Waals surface area contributed by atoms with E-state index in [2.05, 4.69) is 0 Å². The molecule has 1 atom stereocenters. The Balaban J connectivity index is 4.02. The lowest BCUT2D eigenvalue weighted by Crippen LogP contribution is -2.27. The van der Waals surface area contributed by atoms with Gasteiger partial charge in [0.2, 0.25) is 0 Å². The number of carbonyl (C=O) groups is 2. The highest BCUT2D eigenvalue weighted by Gasteiger charge is 2.21. The Labute approximate surface area is 90.9 Å². The zero-order valence-corrected chi connectivity index (χ0v) is 10.1. The van der Waals surface area contributed by atoms with Gasteiger partial charge in [-0.05, 0) is 20.8 Å². The minimum atomic E-state index is -0.540. The highest BCUT2D eigenvalue weighted by atomic mass is 16.6. The van der Waals surface area contributed by atoms with Crippen molar-refractivity contribution in [1.29, 1.82) is 0 Å². The summed E-state index contributed by atoms with van der Waals surface area (Å²) in [6.07, 6.45) is -0.179. The summed E-state index contributed by atoms with van der Waals surface area (Å²) in [7, 11) is 1.53. The van der Waals surface area contributed by atoms with Crippen LogP contribution in [0.3, 0.4) is 0 Å². The molecule has 88 valence electrons. The summed E-state index contributed by atoms with van der Waals surface area (Å²) in [6, 6.07) is 0. The number of carbonyl (C=O) groups excluding carboxylic acids is 2. The zero-order chi connectivity index (χ0) is 12.1. The van der Waals surface area contributed by atoms with Crippen molar-refractivity contribution in [3.05, 3.63) is 0 Å². The zero-order valence-electron chi connectivity index (χ0n) is 10.1. The smallest absolute Gasteiger partial charge is 0.313 e. The summed E-state index contributed by atoms with van der Waals surface area (Å²) >= 11 is 0. The Morgan fingerprint density at radius 3 is 2.20 bits per heavy atom.